The molecule has 0 aromatic heterocycles. The molecule has 0 unspecified atom stereocenters. The summed E-state index contributed by atoms with van der Waals surface area (Å²) in [5.74, 6) is 0.954. The summed E-state index contributed by atoms with van der Waals surface area (Å²) in [5.41, 5.74) is 3.44. The number of nitrogens with zero attached hydrogens (tertiary/aromatic N) is 2. The fraction of sp³-hybridized carbons (Fsp3) is 0.312. The Balaban J connectivity index is 1.13. The summed E-state index contributed by atoms with van der Waals surface area (Å²) in [6.07, 6.45) is 1.71. The van der Waals surface area contributed by atoms with Crippen molar-refractivity contribution in [3.63, 3.8) is 0 Å². The Hall–Kier alpha value is -3.48. The molecule has 2 atom stereocenters. The van der Waals surface area contributed by atoms with Gasteiger partial charge in [0, 0.05) is 72.4 Å². The highest BCUT2D eigenvalue weighted by molar-refractivity contribution is 6.19. The average molecular weight is 578 g/mol. The average Bonchev–Trinajstić information content (AvgIpc) is 3.54. The van der Waals surface area contributed by atoms with Gasteiger partial charge in [-0.15, -0.1) is 23.2 Å². The summed E-state index contributed by atoms with van der Waals surface area (Å²) in [6.45, 7) is 0.956. The number of aromatic hydroxyl groups is 2. The Kier molecular flexibility index (Phi) is 7.24. The Morgan fingerprint density at radius 3 is 1.43 bits per heavy atom. The predicted octanol–water partition coefficient (Wildman–Crippen LogP) is 7.00. The maximum atomic E-state index is 13.3. The fourth-order valence-electron chi connectivity index (χ4n) is 6.40. The molecule has 2 aliphatic heterocycles. The van der Waals surface area contributed by atoms with E-state index in [2.05, 4.69) is 0 Å². The number of amides is 2. The molecule has 2 aliphatic rings. The lowest BCUT2D eigenvalue weighted by Crippen LogP contribution is -2.31. The maximum absolute atomic E-state index is 13.3. The van der Waals surface area contributed by atoms with Crippen LogP contribution in [-0.4, -0.2) is 46.9 Å². The first-order chi connectivity index (χ1) is 19.4. The number of hydrogen-bond donors (Lipinski definition) is 2. The molecule has 0 radical (unpaired) electrons. The molecule has 0 bridgehead atoms. The normalized spacial score (nSPS) is 17.9. The number of alkyl halides is 2. The van der Waals surface area contributed by atoms with Crippen molar-refractivity contribution in [2.75, 3.05) is 34.6 Å². The number of carbonyl (C=O) groups is 2. The van der Waals surface area contributed by atoms with Gasteiger partial charge in [-0.3, -0.25) is 9.59 Å². The van der Waals surface area contributed by atoms with Gasteiger partial charge in [0.2, 0.25) is 11.8 Å². The van der Waals surface area contributed by atoms with Crippen molar-refractivity contribution in [3.8, 4) is 11.5 Å². The van der Waals surface area contributed by atoms with E-state index in [-0.39, 0.29) is 35.1 Å². The summed E-state index contributed by atoms with van der Waals surface area (Å²) in [4.78, 5) is 30.0. The first-order valence-electron chi connectivity index (χ1n) is 13.6. The molecule has 206 valence electrons. The second-order valence-corrected chi connectivity index (χ2v) is 11.3. The summed E-state index contributed by atoms with van der Waals surface area (Å²) in [6, 6.07) is 18.6. The Labute approximate surface area is 242 Å². The van der Waals surface area contributed by atoms with E-state index in [0.717, 1.165) is 44.0 Å². The van der Waals surface area contributed by atoms with Crippen molar-refractivity contribution in [2.45, 2.75) is 37.5 Å². The van der Waals surface area contributed by atoms with Gasteiger partial charge in [0.15, 0.2) is 0 Å². The van der Waals surface area contributed by atoms with Crippen LogP contribution in [0.5, 0.6) is 11.5 Å². The summed E-state index contributed by atoms with van der Waals surface area (Å²) in [7, 11) is 0. The SMILES string of the molecule is O=C(CCCCC(=O)N1C[C@@H](CCl)c2c1cc(O)c1ccccc21)N1C[C@@H](CCl)c2c1cc(O)c1ccccc21. The van der Waals surface area contributed by atoms with Crippen LogP contribution in [0.15, 0.2) is 60.7 Å². The number of halogens is 2. The third-order valence-corrected chi connectivity index (χ3v) is 9.04. The van der Waals surface area contributed by atoms with Crippen molar-refractivity contribution in [2.24, 2.45) is 0 Å². The Morgan fingerprint density at radius 2 is 1.05 bits per heavy atom. The van der Waals surface area contributed by atoms with Crippen LogP contribution in [0.2, 0.25) is 0 Å². The van der Waals surface area contributed by atoms with Crippen LogP contribution in [0.1, 0.15) is 48.6 Å². The van der Waals surface area contributed by atoms with E-state index in [4.69, 9.17) is 23.2 Å². The number of anilines is 2. The fourth-order valence-corrected chi connectivity index (χ4v) is 6.90. The number of carbonyl (C=O) groups excluding carboxylic acids is 2. The van der Waals surface area contributed by atoms with Crippen LogP contribution in [0, 0.1) is 0 Å². The zero-order chi connectivity index (χ0) is 28.0. The first kappa shape index (κ1) is 26.7. The molecule has 2 N–H and O–H groups in total. The van der Waals surface area contributed by atoms with E-state index >= 15 is 0 Å². The molecule has 40 heavy (non-hydrogen) atoms. The maximum Gasteiger partial charge on any atom is 0.227 e. The molecule has 2 amide bonds. The lowest BCUT2D eigenvalue weighted by Gasteiger charge is -2.19. The molecule has 2 heterocycles. The molecule has 0 fully saturated rings. The Bertz CT molecular complexity index is 1520. The number of rotatable bonds is 7. The van der Waals surface area contributed by atoms with Gasteiger partial charge >= 0.3 is 0 Å². The largest absolute Gasteiger partial charge is 0.507 e. The quantitative estimate of drug-likeness (QED) is 0.183. The van der Waals surface area contributed by atoms with E-state index in [9.17, 15) is 19.8 Å². The number of phenols is 2. The summed E-state index contributed by atoms with van der Waals surface area (Å²) >= 11 is 12.6. The van der Waals surface area contributed by atoms with E-state index in [0.29, 0.717) is 50.5 Å². The van der Waals surface area contributed by atoms with Crippen LogP contribution < -0.4 is 9.80 Å². The molecular formula is C32H30Cl2N2O4. The second-order valence-electron chi connectivity index (χ2n) is 10.7. The Morgan fingerprint density at radius 1 is 0.675 bits per heavy atom. The molecule has 0 saturated heterocycles. The topological polar surface area (TPSA) is 81.1 Å². The van der Waals surface area contributed by atoms with Gasteiger partial charge in [-0.25, -0.2) is 0 Å². The van der Waals surface area contributed by atoms with Gasteiger partial charge in [-0.1, -0.05) is 48.5 Å². The molecule has 6 nitrogen and oxygen atoms in total. The third-order valence-electron chi connectivity index (χ3n) is 8.30. The van der Waals surface area contributed by atoms with E-state index < -0.39 is 0 Å². The van der Waals surface area contributed by atoms with Gasteiger partial charge in [-0.05, 0) is 34.7 Å². The highest BCUT2D eigenvalue weighted by Crippen LogP contribution is 2.46. The standard InChI is InChI=1S/C32H30Cl2N2O4/c33-15-19-17-35(25-13-27(37)21-7-1-3-9-23(21)31(19)25)29(39)11-5-6-12-30(40)36-18-20(16-34)32-24-10-4-2-8-22(24)28(38)14-26(32)36/h1-4,7-10,13-14,19-20,37-38H,5-6,11-12,15-18H2/t19-,20-/m1/s1. The van der Waals surface area contributed by atoms with E-state index in [1.807, 2.05) is 48.5 Å². The molecule has 4 aromatic rings. The number of unbranched alkanes of at least 4 members (excludes halogenated alkanes) is 1. The van der Waals surface area contributed by atoms with Crippen LogP contribution in [0.3, 0.4) is 0 Å². The zero-order valence-electron chi connectivity index (χ0n) is 21.9. The highest BCUT2D eigenvalue weighted by Gasteiger charge is 2.35. The summed E-state index contributed by atoms with van der Waals surface area (Å²) in [5, 5.41) is 24.6. The molecule has 0 aliphatic carbocycles. The second kappa shape index (κ2) is 10.8. The summed E-state index contributed by atoms with van der Waals surface area (Å²) < 4.78 is 0. The van der Waals surface area contributed by atoms with Crippen molar-refractivity contribution in [3.05, 3.63) is 71.8 Å². The molecule has 0 saturated carbocycles. The minimum atomic E-state index is -0.0406. The van der Waals surface area contributed by atoms with Gasteiger partial charge in [-0.2, -0.15) is 0 Å². The highest BCUT2D eigenvalue weighted by atomic mass is 35.5. The number of phenolic OH excluding ortho intramolecular Hbond substituents is 2. The van der Waals surface area contributed by atoms with E-state index in [1.165, 1.54) is 0 Å². The zero-order valence-corrected chi connectivity index (χ0v) is 23.5. The smallest absolute Gasteiger partial charge is 0.227 e. The molecule has 6 rings (SSSR count). The van der Waals surface area contributed by atoms with Crippen LogP contribution in [-0.2, 0) is 9.59 Å². The number of benzene rings is 4. The van der Waals surface area contributed by atoms with Gasteiger partial charge in [0.05, 0.1) is 11.4 Å². The monoisotopic (exact) mass is 576 g/mol. The van der Waals surface area contributed by atoms with Gasteiger partial charge in [0.25, 0.3) is 0 Å². The van der Waals surface area contributed by atoms with Crippen molar-refractivity contribution in [1.82, 2.24) is 0 Å². The minimum Gasteiger partial charge on any atom is -0.507 e. The van der Waals surface area contributed by atoms with Gasteiger partial charge < -0.3 is 20.0 Å². The van der Waals surface area contributed by atoms with Gasteiger partial charge in [0.1, 0.15) is 11.5 Å². The molecule has 0 spiro atoms. The van der Waals surface area contributed by atoms with Crippen LogP contribution in [0.25, 0.3) is 21.5 Å². The molecule has 8 heteroatoms. The van der Waals surface area contributed by atoms with Crippen molar-refractivity contribution < 1.29 is 19.8 Å². The third kappa shape index (κ3) is 4.43. The predicted molar refractivity (Wildman–Crippen MR) is 161 cm³/mol. The lowest BCUT2D eigenvalue weighted by atomic mass is 9.95. The van der Waals surface area contributed by atoms with Crippen LogP contribution in [0.4, 0.5) is 11.4 Å². The number of fused-ring (bicyclic) bond motifs is 6. The first-order valence-corrected chi connectivity index (χ1v) is 14.7. The molecular weight excluding hydrogens is 547 g/mol. The van der Waals surface area contributed by atoms with Crippen molar-refractivity contribution in [1.29, 1.82) is 0 Å². The lowest BCUT2D eigenvalue weighted by molar-refractivity contribution is -0.120. The van der Waals surface area contributed by atoms with Crippen LogP contribution >= 0.6 is 23.2 Å². The van der Waals surface area contributed by atoms with E-state index in [1.54, 1.807) is 21.9 Å². The van der Waals surface area contributed by atoms with Crippen molar-refractivity contribution >= 4 is 67.9 Å². The molecule has 4 aromatic carbocycles. The minimum absolute atomic E-state index is 0.00898. The number of hydrogen-bond acceptors (Lipinski definition) is 4.